The van der Waals surface area contributed by atoms with Crippen LogP contribution in [0.4, 0.5) is 11.4 Å². The number of nitrogens with one attached hydrogen (secondary N) is 1. The Morgan fingerprint density at radius 3 is 2.68 bits per heavy atom. The molecule has 0 saturated carbocycles. The van der Waals surface area contributed by atoms with E-state index in [4.69, 9.17) is 29.5 Å². The Balaban J connectivity index is 1.55. The Labute approximate surface area is 180 Å². The molecule has 0 atom stereocenters. The van der Waals surface area contributed by atoms with Crippen molar-refractivity contribution in [2.45, 2.75) is 6.54 Å². The van der Waals surface area contributed by atoms with Crippen molar-refractivity contribution in [3.63, 3.8) is 0 Å². The average Bonchev–Trinajstić information content (AvgIpc) is 3.40. The maximum absolute atomic E-state index is 7.22. The van der Waals surface area contributed by atoms with Crippen molar-refractivity contribution in [1.82, 2.24) is 30.2 Å². The lowest BCUT2D eigenvalue weighted by atomic mass is 10.2. The van der Waals surface area contributed by atoms with E-state index in [0.29, 0.717) is 51.1 Å². The molecule has 2 aromatic carbocycles. The number of rotatable bonds is 4. The number of fused-ring (bicyclic) bond motifs is 2. The summed E-state index contributed by atoms with van der Waals surface area (Å²) in [7, 11) is 0. The Bertz CT molecular complexity index is 1510. The van der Waals surface area contributed by atoms with E-state index >= 15 is 0 Å². The second kappa shape index (κ2) is 7.41. The summed E-state index contributed by atoms with van der Waals surface area (Å²) < 4.78 is 7.66. The molecule has 0 aliphatic carbocycles. The van der Waals surface area contributed by atoms with Gasteiger partial charge in [-0.3, -0.25) is 5.10 Å². The van der Waals surface area contributed by atoms with Crippen molar-refractivity contribution in [3.8, 4) is 11.5 Å². The van der Waals surface area contributed by atoms with E-state index in [1.54, 1.807) is 35.1 Å². The molecule has 0 aliphatic heterocycles. The van der Waals surface area contributed by atoms with Crippen LogP contribution in [-0.2, 0) is 6.54 Å². The quantitative estimate of drug-likeness (QED) is 0.394. The lowest BCUT2D eigenvalue weighted by Gasteiger charge is -2.09. The number of pyridine rings is 1. The number of hydrogen-bond acceptors (Lipinski definition) is 5. The zero-order valence-corrected chi connectivity index (χ0v) is 16.5. The van der Waals surface area contributed by atoms with E-state index in [0.717, 1.165) is 11.1 Å². The zero-order valence-electron chi connectivity index (χ0n) is 15.7. The molecule has 10 heteroatoms. The Morgan fingerprint density at radius 1 is 1.10 bits per heavy atom. The van der Waals surface area contributed by atoms with Gasteiger partial charge in [-0.05, 0) is 36.4 Å². The predicted octanol–water partition coefficient (Wildman–Crippen LogP) is 5.30. The van der Waals surface area contributed by atoms with Gasteiger partial charge in [-0.2, -0.15) is 5.10 Å². The number of aromatic nitrogens is 6. The van der Waals surface area contributed by atoms with E-state index in [1.165, 1.54) is 6.07 Å². The van der Waals surface area contributed by atoms with Crippen LogP contribution in [0.3, 0.4) is 0 Å². The van der Waals surface area contributed by atoms with Crippen LogP contribution >= 0.6 is 11.6 Å². The summed E-state index contributed by atoms with van der Waals surface area (Å²) in [6.07, 6.45) is 1.70. The fourth-order valence-corrected chi connectivity index (χ4v) is 3.44. The molecule has 0 aliphatic rings. The van der Waals surface area contributed by atoms with Gasteiger partial charge in [0.15, 0.2) is 28.3 Å². The van der Waals surface area contributed by atoms with Crippen molar-refractivity contribution in [2.24, 2.45) is 0 Å². The molecule has 9 nitrogen and oxygen atoms in total. The third-order valence-corrected chi connectivity index (χ3v) is 4.96. The highest BCUT2D eigenvalue weighted by atomic mass is 35.5. The summed E-state index contributed by atoms with van der Waals surface area (Å²) >= 11 is 6.38. The molecule has 1 N–H and O–H groups in total. The van der Waals surface area contributed by atoms with E-state index in [9.17, 15) is 0 Å². The second-order valence-corrected chi connectivity index (χ2v) is 6.98. The first-order chi connectivity index (χ1) is 15.2. The standard InChI is InChI=1S/C21H11ClN8O/c1-23-12-8-13(24-2)10-14(9-12)31-20-16(22)5-6-18-19(20)27-29-30(18)11-17-15-4-3-7-25-21(15)28-26-17/h3-10H,11H2,(H,25,26,28). The van der Waals surface area contributed by atoms with Gasteiger partial charge in [0.05, 0.1) is 35.9 Å². The fourth-order valence-electron chi connectivity index (χ4n) is 3.25. The minimum absolute atomic E-state index is 0.300. The van der Waals surface area contributed by atoms with Crippen molar-refractivity contribution in [1.29, 1.82) is 0 Å². The van der Waals surface area contributed by atoms with Crippen molar-refractivity contribution >= 4 is 45.0 Å². The summed E-state index contributed by atoms with van der Waals surface area (Å²) in [5.41, 5.74) is 3.24. The van der Waals surface area contributed by atoms with Crippen LogP contribution in [0.1, 0.15) is 5.69 Å². The van der Waals surface area contributed by atoms with E-state index < -0.39 is 0 Å². The molecule has 31 heavy (non-hydrogen) atoms. The summed E-state index contributed by atoms with van der Waals surface area (Å²) in [4.78, 5) is 11.0. The first kappa shape index (κ1) is 18.6. The highest BCUT2D eigenvalue weighted by Crippen LogP contribution is 2.38. The molecule has 0 radical (unpaired) electrons. The number of ether oxygens (including phenoxy) is 1. The van der Waals surface area contributed by atoms with Crippen LogP contribution < -0.4 is 4.74 Å². The molecular formula is C21H11ClN8O. The first-order valence-corrected chi connectivity index (χ1v) is 9.41. The molecule has 148 valence electrons. The molecule has 0 amide bonds. The highest BCUT2D eigenvalue weighted by molar-refractivity contribution is 6.33. The number of halogens is 1. The number of nitrogens with zero attached hydrogens (tertiary/aromatic N) is 7. The Morgan fingerprint density at radius 2 is 1.90 bits per heavy atom. The largest absolute Gasteiger partial charge is 0.456 e. The van der Waals surface area contributed by atoms with Gasteiger partial charge in [-0.25, -0.2) is 19.4 Å². The van der Waals surface area contributed by atoms with Gasteiger partial charge < -0.3 is 4.74 Å². The van der Waals surface area contributed by atoms with Gasteiger partial charge in [0.2, 0.25) is 0 Å². The van der Waals surface area contributed by atoms with Gasteiger partial charge in [-0.1, -0.05) is 22.9 Å². The van der Waals surface area contributed by atoms with Gasteiger partial charge in [0, 0.05) is 11.6 Å². The molecule has 0 spiro atoms. The number of hydrogen-bond donors (Lipinski definition) is 1. The Hall–Kier alpha value is -4.47. The zero-order chi connectivity index (χ0) is 21.4. The number of aromatic amines is 1. The maximum Gasteiger partial charge on any atom is 0.180 e. The molecule has 0 bridgehead atoms. The molecule has 5 aromatic rings. The average molecular weight is 427 g/mol. The molecule has 5 rings (SSSR count). The fraction of sp³-hybridized carbons (Fsp3) is 0.0476. The third kappa shape index (κ3) is 3.29. The van der Waals surface area contributed by atoms with Crippen LogP contribution in [0.25, 0.3) is 31.8 Å². The molecule has 3 heterocycles. The molecule has 3 aromatic heterocycles. The maximum atomic E-state index is 7.22. The van der Waals surface area contributed by atoms with Crippen LogP contribution in [0.5, 0.6) is 11.5 Å². The van der Waals surface area contributed by atoms with Gasteiger partial charge >= 0.3 is 0 Å². The molecule has 0 unspecified atom stereocenters. The predicted molar refractivity (Wildman–Crippen MR) is 115 cm³/mol. The van der Waals surface area contributed by atoms with Crippen LogP contribution in [0.2, 0.25) is 5.02 Å². The van der Waals surface area contributed by atoms with Crippen LogP contribution in [0.15, 0.2) is 48.7 Å². The monoisotopic (exact) mass is 426 g/mol. The van der Waals surface area contributed by atoms with Gasteiger partial charge in [0.25, 0.3) is 0 Å². The Kier molecular flexibility index (Phi) is 4.43. The molecule has 0 fully saturated rings. The highest BCUT2D eigenvalue weighted by Gasteiger charge is 2.17. The number of H-pyrrole nitrogens is 1. The van der Waals surface area contributed by atoms with Gasteiger partial charge in [-0.15, -0.1) is 5.10 Å². The summed E-state index contributed by atoms with van der Waals surface area (Å²) in [6.45, 7) is 14.8. The third-order valence-electron chi connectivity index (χ3n) is 4.66. The first-order valence-electron chi connectivity index (χ1n) is 9.04. The topological polar surface area (TPSA) is 90.2 Å². The molecule has 0 saturated heterocycles. The van der Waals surface area contributed by atoms with E-state index in [-0.39, 0.29) is 0 Å². The second-order valence-electron chi connectivity index (χ2n) is 6.57. The van der Waals surface area contributed by atoms with Crippen LogP contribution in [0, 0.1) is 13.1 Å². The minimum Gasteiger partial charge on any atom is -0.456 e. The summed E-state index contributed by atoms with van der Waals surface area (Å²) in [6, 6.07) is 11.9. The van der Waals surface area contributed by atoms with E-state index in [2.05, 4.69) is 35.2 Å². The minimum atomic E-state index is 0.300. The van der Waals surface area contributed by atoms with Crippen molar-refractivity contribution in [3.05, 3.63) is 82.2 Å². The SMILES string of the molecule is [C-]#[N+]c1cc([N+]#[C-])cc(Oc2c(Cl)ccc3c2nnn3Cc2n[nH]c3ncccc23)c1. The summed E-state index contributed by atoms with van der Waals surface area (Å²) in [5, 5.41) is 17.0. The normalized spacial score (nSPS) is 10.8. The van der Waals surface area contributed by atoms with Crippen LogP contribution in [-0.4, -0.2) is 30.2 Å². The lowest BCUT2D eigenvalue weighted by Crippen LogP contribution is -2.02. The van der Waals surface area contributed by atoms with Gasteiger partial charge in [0.1, 0.15) is 5.75 Å². The number of benzene rings is 2. The van der Waals surface area contributed by atoms with E-state index in [1.807, 2.05) is 12.1 Å². The summed E-state index contributed by atoms with van der Waals surface area (Å²) in [5.74, 6) is 0.629. The lowest BCUT2D eigenvalue weighted by molar-refractivity contribution is 0.488. The smallest absolute Gasteiger partial charge is 0.180 e. The van der Waals surface area contributed by atoms with Crippen molar-refractivity contribution < 1.29 is 4.74 Å². The molecular weight excluding hydrogens is 416 g/mol. The van der Waals surface area contributed by atoms with Crippen molar-refractivity contribution in [2.75, 3.05) is 0 Å².